The summed E-state index contributed by atoms with van der Waals surface area (Å²) in [5, 5.41) is 6.89. The molecular weight excluding hydrogens is 264 g/mol. The van der Waals surface area contributed by atoms with Crippen molar-refractivity contribution in [3.8, 4) is 0 Å². The highest BCUT2D eigenvalue weighted by atomic mass is 16.5. The van der Waals surface area contributed by atoms with Crippen LogP contribution in [0.3, 0.4) is 0 Å². The van der Waals surface area contributed by atoms with Crippen LogP contribution in [0, 0.1) is 5.41 Å². The van der Waals surface area contributed by atoms with E-state index >= 15 is 0 Å². The Morgan fingerprint density at radius 3 is 2.48 bits per heavy atom. The van der Waals surface area contributed by atoms with E-state index in [2.05, 4.69) is 48.2 Å². The number of ether oxygens (including phenoxy) is 1. The van der Waals surface area contributed by atoms with Gasteiger partial charge in [0.15, 0.2) is 5.96 Å². The zero-order chi connectivity index (χ0) is 15.7. The van der Waals surface area contributed by atoms with Gasteiger partial charge in [-0.25, -0.2) is 0 Å². The topological polar surface area (TPSA) is 48.9 Å². The Kier molecular flexibility index (Phi) is 8.04. The lowest BCUT2D eigenvalue weighted by Gasteiger charge is -2.38. The SMILES string of the molecule is CCN(CC)CCCC(C)NC(=NC)NCC1(C)COC1. The molecule has 0 saturated carbocycles. The molecular formula is C16H34N4O. The fourth-order valence-electron chi connectivity index (χ4n) is 2.51. The van der Waals surface area contributed by atoms with E-state index in [1.54, 1.807) is 0 Å². The van der Waals surface area contributed by atoms with Crippen molar-refractivity contribution < 1.29 is 4.74 Å². The summed E-state index contributed by atoms with van der Waals surface area (Å²) in [4.78, 5) is 6.78. The molecule has 0 amide bonds. The van der Waals surface area contributed by atoms with E-state index in [9.17, 15) is 0 Å². The Morgan fingerprint density at radius 2 is 2.00 bits per heavy atom. The molecule has 0 bridgehead atoms. The summed E-state index contributed by atoms with van der Waals surface area (Å²) in [6.45, 7) is 15.0. The number of nitrogens with one attached hydrogen (secondary N) is 2. The zero-order valence-electron chi connectivity index (χ0n) is 14.5. The predicted octanol–water partition coefficient (Wildman–Crippen LogP) is 1.70. The van der Waals surface area contributed by atoms with E-state index in [0.29, 0.717) is 6.04 Å². The van der Waals surface area contributed by atoms with Crippen LogP contribution in [0.15, 0.2) is 4.99 Å². The van der Waals surface area contributed by atoms with Crippen LogP contribution in [-0.2, 0) is 4.74 Å². The molecule has 5 nitrogen and oxygen atoms in total. The number of nitrogens with zero attached hydrogens (tertiary/aromatic N) is 2. The maximum Gasteiger partial charge on any atom is 0.191 e. The second-order valence-corrected chi connectivity index (χ2v) is 6.44. The highest BCUT2D eigenvalue weighted by Gasteiger charge is 2.33. The van der Waals surface area contributed by atoms with Crippen LogP contribution >= 0.6 is 0 Å². The van der Waals surface area contributed by atoms with Crippen molar-refractivity contribution in [1.29, 1.82) is 0 Å². The average Bonchev–Trinajstić information content (AvgIpc) is 2.46. The molecule has 0 aromatic rings. The maximum absolute atomic E-state index is 5.28. The first kappa shape index (κ1) is 18.2. The van der Waals surface area contributed by atoms with E-state index in [4.69, 9.17) is 4.74 Å². The molecule has 1 heterocycles. The van der Waals surface area contributed by atoms with Gasteiger partial charge in [-0.2, -0.15) is 0 Å². The number of rotatable bonds is 9. The van der Waals surface area contributed by atoms with Crippen molar-refractivity contribution in [3.63, 3.8) is 0 Å². The van der Waals surface area contributed by atoms with E-state index in [0.717, 1.165) is 45.2 Å². The second kappa shape index (κ2) is 9.26. The fraction of sp³-hybridized carbons (Fsp3) is 0.938. The smallest absolute Gasteiger partial charge is 0.191 e. The van der Waals surface area contributed by atoms with E-state index in [-0.39, 0.29) is 5.41 Å². The van der Waals surface area contributed by atoms with Crippen molar-refractivity contribution in [2.45, 2.75) is 46.6 Å². The van der Waals surface area contributed by atoms with Crippen molar-refractivity contribution >= 4 is 5.96 Å². The Morgan fingerprint density at radius 1 is 1.33 bits per heavy atom. The lowest BCUT2D eigenvalue weighted by molar-refractivity contribution is -0.0971. The molecule has 21 heavy (non-hydrogen) atoms. The number of hydrogen-bond donors (Lipinski definition) is 2. The summed E-state index contributed by atoms with van der Waals surface area (Å²) >= 11 is 0. The van der Waals surface area contributed by atoms with Gasteiger partial charge >= 0.3 is 0 Å². The summed E-state index contributed by atoms with van der Waals surface area (Å²) in [5.74, 6) is 0.901. The zero-order valence-corrected chi connectivity index (χ0v) is 14.5. The van der Waals surface area contributed by atoms with E-state index < -0.39 is 0 Å². The molecule has 1 aliphatic heterocycles. The quantitative estimate of drug-likeness (QED) is 0.502. The molecule has 1 rings (SSSR count). The third-order valence-electron chi connectivity index (χ3n) is 4.20. The van der Waals surface area contributed by atoms with Crippen LogP contribution in [0.1, 0.15) is 40.5 Å². The van der Waals surface area contributed by atoms with Crippen LogP contribution in [0.5, 0.6) is 0 Å². The first-order chi connectivity index (χ1) is 10.0. The highest BCUT2D eigenvalue weighted by molar-refractivity contribution is 5.79. The third kappa shape index (κ3) is 6.66. The lowest BCUT2D eigenvalue weighted by Crippen LogP contribution is -2.52. The molecule has 0 aromatic carbocycles. The fourth-order valence-corrected chi connectivity index (χ4v) is 2.51. The van der Waals surface area contributed by atoms with Gasteiger partial charge in [0.1, 0.15) is 0 Å². The first-order valence-corrected chi connectivity index (χ1v) is 8.30. The van der Waals surface area contributed by atoms with Gasteiger partial charge in [0, 0.05) is 25.0 Å². The molecule has 1 unspecified atom stereocenters. The van der Waals surface area contributed by atoms with Gasteiger partial charge in [0.2, 0.25) is 0 Å². The van der Waals surface area contributed by atoms with Gasteiger partial charge in [-0.1, -0.05) is 20.8 Å². The third-order valence-corrected chi connectivity index (χ3v) is 4.20. The van der Waals surface area contributed by atoms with E-state index in [1.165, 1.54) is 13.0 Å². The number of guanidine groups is 1. The Labute approximate surface area is 130 Å². The van der Waals surface area contributed by atoms with Gasteiger partial charge in [-0.15, -0.1) is 0 Å². The molecule has 124 valence electrons. The van der Waals surface area contributed by atoms with E-state index in [1.807, 2.05) is 7.05 Å². The number of aliphatic imine (C=N–C) groups is 1. The van der Waals surface area contributed by atoms with Gasteiger partial charge in [0.25, 0.3) is 0 Å². The summed E-state index contributed by atoms with van der Waals surface area (Å²) in [6, 6.07) is 0.442. The largest absolute Gasteiger partial charge is 0.380 e. The molecule has 1 saturated heterocycles. The molecule has 1 atom stereocenters. The van der Waals surface area contributed by atoms with Crippen molar-refractivity contribution in [2.75, 3.05) is 46.4 Å². The van der Waals surface area contributed by atoms with Gasteiger partial charge in [0.05, 0.1) is 13.2 Å². The molecule has 0 radical (unpaired) electrons. The Balaban J connectivity index is 2.19. The van der Waals surface area contributed by atoms with Crippen LogP contribution in [-0.4, -0.2) is 63.3 Å². The summed E-state index contributed by atoms with van der Waals surface area (Å²) < 4.78 is 5.28. The molecule has 0 aliphatic carbocycles. The number of hydrogen-bond acceptors (Lipinski definition) is 3. The van der Waals surface area contributed by atoms with Crippen molar-refractivity contribution in [1.82, 2.24) is 15.5 Å². The van der Waals surface area contributed by atoms with Gasteiger partial charge < -0.3 is 20.3 Å². The normalized spacial score (nSPS) is 19.2. The molecule has 2 N–H and O–H groups in total. The standard InChI is InChI=1S/C16H34N4O/c1-6-20(7-2)10-8-9-14(3)19-15(17-5)18-11-16(4)12-21-13-16/h14H,6-13H2,1-5H3,(H2,17,18,19). The molecule has 0 spiro atoms. The molecule has 1 aliphatic rings. The monoisotopic (exact) mass is 298 g/mol. The Bertz CT molecular complexity index is 311. The van der Waals surface area contributed by atoms with Crippen LogP contribution < -0.4 is 10.6 Å². The van der Waals surface area contributed by atoms with Gasteiger partial charge in [-0.3, -0.25) is 4.99 Å². The predicted molar refractivity (Wildman–Crippen MR) is 89.9 cm³/mol. The minimum Gasteiger partial charge on any atom is -0.380 e. The van der Waals surface area contributed by atoms with Gasteiger partial charge in [-0.05, 0) is 39.4 Å². The average molecular weight is 298 g/mol. The van der Waals surface area contributed by atoms with Crippen LogP contribution in [0.4, 0.5) is 0 Å². The van der Waals surface area contributed by atoms with Crippen LogP contribution in [0.2, 0.25) is 0 Å². The summed E-state index contributed by atoms with van der Waals surface area (Å²) in [5.41, 5.74) is 0.267. The molecule has 5 heteroatoms. The first-order valence-electron chi connectivity index (χ1n) is 8.30. The Hall–Kier alpha value is -0.810. The van der Waals surface area contributed by atoms with Crippen molar-refractivity contribution in [3.05, 3.63) is 0 Å². The summed E-state index contributed by atoms with van der Waals surface area (Å²) in [7, 11) is 1.83. The minimum absolute atomic E-state index is 0.267. The summed E-state index contributed by atoms with van der Waals surface area (Å²) in [6.07, 6.45) is 2.38. The second-order valence-electron chi connectivity index (χ2n) is 6.44. The molecule has 0 aromatic heterocycles. The maximum atomic E-state index is 5.28. The van der Waals surface area contributed by atoms with Crippen molar-refractivity contribution in [2.24, 2.45) is 10.4 Å². The van der Waals surface area contributed by atoms with Crippen LogP contribution in [0.25, 0.3) is 0 Å². The molecule has 1 fully saturated rings. The lowest BCUT2D eigenvalue weighted by atomic mass is 9.89. The highest BCUT2D eigenvalue weighted by Crippen LogP contribution is 2.24. The minimum atomic E-state index is 0.267.